The molecule has 126 valence electrons. The van der Waals surface area contributed by atoms with Crippen LogP contribution in [0.3, 0.4) is 0 Å². The molecule has 0 bridgehead atoms. The van der Waals surface area contributed by atoms with E-state index < -0.39 is 0 Å². The van der Waals surface area contributed by atoms with Gasteiger partial charge in [0.2, 0.25) is 5.91 Å². The number of likely N-dealkylation sites (tertiary alicyclic amines) is 1. The summed E-state index contributed by atoms with van der Waals surface area (Å²) in [5.41, 5.74) is 3.06. The number of carbonyl (C=O) groups excluding carboxylic acids is 1. The zero-order valence-corrected chi connectivity index (χ0v) is 14.3. The van der Waals surface area contributed by atoms with Crippen LogP contribution in [-0.2, 0) is 4.79 Å². The van der Waals surface area contributed by atoms with Crippen molar-refractivity contribution < 1.29 is 4.79 Å². The zero-order valence-electron chi connectivity index (χ0n) is 14.3. The summed E-state index contributed by atoms with van der Waals surface area (Å²) in [5.74, 6) is 1.23. The lowest BCUT2D eigenvalue weighted by Crippen LogP contribution is -2.40. The largest absolute Gasteiger partial charge is 0.325 e. The highest BCUT2D eigenvalue weighted by Gasteiger charge is 2.24. The van der Waals surface area contributed by atoms with E-state index in [-0.39, 0.29) is 5.91 Å². The van der Waals surface area contributed by atoms with Crippen LogP contribution in [-0.4, -0.2) is 40.4 Å². The predicted octanol–water partition coefficient (Wildman–Crippen LogP) is 2.91. The molecule has 1 N–H and O–H groups in total. The second kappa shape index (κ2) is 7.53. The lowest BCUT2D eigenvalue weighted by molar-refractivity contribution is -0.117. The molecule has 1 aromatic carbocycles. The number of nitrogens with one attached hydrogen (secondary N) is 1. The third kappa shape index (κ3) is 4.17. The molecule has 0 aliphatic carbocycles. The third-order valence-corrected chi connectivity index (χ3v) is 4.51. The average molecular weight is 324 g/mol. The van der Waals surface area contributed by atoms with Gasteiger partial charge >= 0.3 is 0 Å². The Morgan fingerprint density at radius 1 is 1.29 bits per heavy atom. The fraction of sp³-hybridized carbons (Fsp3) is 0.421. The number of hydrogen-bond acceptors (Lipinski definition) is 4. The van der Waals surface area contributed by atoms with Crippen LogP contribution in [0.1, 0.15) is 35.8 Å². The Morgan fingerprint density at radius 3 is 2.92 bits per heavy atom. The van der Waals surface area contributed by atoms with Crippen LogP contribution < -0.4 is 5.32 Å². The Hall–Kier alpha value is -2.27. The number of carbonyl (C=O) groups is 1. The van der Waals surface area contributed by atoms with Gasteiger partial charge < -0.3 is 5.32 Å². The Bertz CT molecular complexity index is 716. The molecule has 0 radical (unpaired) electrons. The lowest BCUT2D eigenvalue weighted by atomic mass is 9.94. The van der Waals surface area contributed by atoms with Crippen molar-refractivity contribution in [2.45, 2.75) is 32.6 Å². The number of nitrogens with zero attached hydrogens (tertiary/aromatic N) is 3. The predicted molar refractivity (Wildman–Crippen MR) is 95.0 cm³/mol. The van der Waals surface area contributed by atoms with E-state index in [9.17, 15) is 4.79 Å². The van der Waals surface area contributed by atoms with Crippen molar-refractivity contribution in [2.75, 3.05) is 25.0 Å². The monoisotopic (exact) mass is 324 g/mol. The Balaban J connectivity index is 1.59. The molecule has 2 aromatic rings. The molecule has 0 unspecified atom stereocenters. The van der Waals surface area contributed by atoms with Gasteiger partial charge in [0.25, 0.3) is 0 Å². The molecule has 0 saturated carbocycles. The minimum Gasteiger partial charge on any atom is -0.325 e. The molecule has 24 heavy (non-hydrogen) atoms. The van der Waals surface area contributed by atoms with E-state index in [0.29, 0.717) is 12.5 Å². The summed E-state index contributed by atoms with van der Waals surface area (Å²) in [5, 5.41) is 3.01. The summed E-state index contributed by atoms with van der Waals surface area (Å²) in [4.78, 5) is 23.3. The first kappa shape index (κ1) is 16.6. The van der Waals surface area contributed by atoms with E-state index in [1.165, 1.54) is 0 Å². The number of aromatic nitrogens is 2. The van der Waals surface area contributed by atoms with E-state index in [4.69, 9.17) is 0 Å². The van der Waals surface area contributed by atoms with Crippen molar-refractivity contribution in [3.63, 3.8) is 0 Å². The molecule has 3 rings (SSSR count). The quantitative estimate of drug-likeness (QED) is 0.939. The molecular formula is C19H24N4O. The first-order chi connectivity index (χ1) is 11.6. The molecule has 1 atom stereocenters. The molecule has 5 nitrogen and oxygen atoms in total. The van der Waals surface area contributed by atoms with E-state index in [2.05, 4.69) is 20.2 Å². The van der Waals surface area contributed by atoms with Gasteiger partial charge in [-0.3, -0.25) is 9.69 Å². The summed E-state index contributed by atoms with van der Waals surface area (Å²) in [6.45, 7) is 6.18. The molecule has 1 aromatic heterocycles. The molecular weight excluding hydrogens is 300 g/mol. The van der Waals surface area contributed by atoms with Gasteiger partial charge in [-0.2, -0.15) is 0 Å². The second-order valence-electron chi connectivity index (χ2n) is 6.47. The minimum atomic E-state index is 0.0452. The van der Waals surface area contributed by atoms with E-state index >= 15 is 0 Å². The van der Waals surface area contributed by atoms with Crippen LogP contribution in [0.4, 0.5) is 5.69 Å². The second-order valence-corrected chi connectivity index (χ2v) is 6.47. The van der Waals surface area contributed by atoms with Gasteiger partial charge in [0, 0.05) is 30.0 Å². The molecule has 1 fully saturated rings. The van der Waals surface area contributed by atoms with Crippen LogP contribution in [0.2, 0.25) is 0 Å². The highest BCUT2D eigenvalue weighted by molar-refractivity contribution is 5.92. The van der Waals surface area contributed by atoms with E-state index in [1.807, 2.05) is 50.4 Å². The smallest absolute Gasteiger partial charge is 0.238 e. The molecule has 5 heteroatoms. The molecule has 1 aliphatic rings. The molecule has 0 spiro atoms. The minimum absolute atomic E-state index is 0.0452. The van der Waals surface area contributed by atoms with Crippen LogP contribution in [0.15, 0.2) is 36.5 Å². The van der Waals surface area contributed by atoms with Crippen molar-refractivity contribution in [3.8, 4) is 0 Å². The molecule has 1 saturated heterocycles. The fourth-order valence-corrected chi connectivity index (χ4v) is 3.25. The van der Waals surface area contributed by atoms with Crippen molar-refractivity contribution in [1.82, 2.24) is 14.9 Å². The van der Waals surface area contributed by atoms with E-state index in [1.54, 1.807) is 0 Å². The van der Waals surface area contributed by atoms with Gasteiger partial charge in [-0.1, -0.05) is 18.2 Å². The summed E-state index contributed by atoms with van der Waals surface area (Å²) in [6, 6.07) is 9.86. The van der Waals surface area contributed by atoms with Crippen molar-refractivity contribution in [1.29, 1.82) is 0 Å². The molecule has 1 aliphatic heterocycles. The SMILES string of the molecule is Cc1nccc([C@@H]2CCCN(CC(=O)Nc3ccccc3C)C2)n1. The van der Waals surface area contributed by atoms with Gasteiger partial charge in [-0.05, 0) is 50.9 Å². The number of amides is 1. The number of hydrogen-bond donors (Lipinski definition) is 1. The summed E-state index contributed by atoms with van der Waals surface area (Å²) in [6.07, 6.45) is 4.03. The van der Waals surface area contributed by atoms with Crippen molar-refractivity contribution in [3.05, 3.63) is 53.6 Å². The standard InChI is InChI=1S/C19H24N4O/c1-14-6-3-4-8-17(14)22-19(24)13-23-11-5-7-16(12-23)18-9-10-20-15(2)21-18/h3-4,6,8-10,16H,5,7,11-13H2,1-2H3,(H,22,24)/t16-/m1/s1. The van der Waals surface area contributed by atoms with Crippen molar-refractivity contribution >= 4 is 11.6 Å². The number of piperidine rings is 1. The van der Waals surface area contributed by atoms with Crippen LogP contribution in [0.5, 0.6) is 0 Å². The first-order valence-corrected chi connectivity index (χ1v) is 8.49. The molecule has 2 heterocycles. The zero-order chi connectivity index (χ0) is 16.9. The summed E-state index contributed by atoms with van der Waals surface area (Å²) >= 11 is 0. The van der Waals surface area contributed by atoms with Crippen molar-refractivity contribution in [2.24, 2.45) is 0 Å². The fourth-order valence-electron chi connectivity index (χ4n) is 3.25. The van der Waals surface area contributed by atoms with E-state index in [0.717, 1.165) is 48.7 Å². The van der Waals surface area contributed by atoms with Gasteiger partial charge in [-0.25, -0.2) is 9.97 Å². The number of para-hydroxylation sites is 1. The maximum absolute atomic E-state index is 12.4. The van der Waals surface area contributed by atoms with Gasteiger partial charge in [0.1, 0.15) is 5.82 Å². The maximum Gasteiger partial charge on any atom is 0.238 e. The Morgan fingerprint density at radius 2 is 2.12 bits per heavy atom. The topological polar surface area (TPSA) is 58.1 Å². The van der Waals surface area contributed by atoms with Gasteiger partial charge in [0.05, 0.1) is 6.54 Å². The summed E-state index contributed by atoms with van der Waals surface area (Å²) in [7, 11) is 0. The van der Waals surface area contributed by atoms with Crippen LogP contribution in [0, 0.1) is 13.8 Å². The number of aryl methyl sites for hydroxylation is 2. The number of rotatable bonds is 4. The first-order valence-electron chi connectivity index (χ1n) is 8.49. The Kier molecular flexibility index (Phi) is 5.20. The third-order valence-electron chi connectivity index (χ3n) is 4.51. The number of anilines is 1. The Labute approximate surface area is 143 Å². The maximum atomic E-state index is 12.4. The summed E-state index contributed by atoms with van der Waals surface area (Å²) < 4.78 is 0. The van der Waals surface area contributed by atoms with Crippen LogP contribution >= 0.6 is 0 Å². The van der Waals surface area contributed by atoms with Gasteiger partial charge in [0.15, 0.2) is 0 Å². The lowest BCUT2D eigenvalue weighted by Gasteiger charge is -2.32. The average Bonchev–Trinajstić information content (AvgIpc) is 2.57. The van der Waals surface area contributed by atoms with Crippen LogP contribution in [0.25, 0.3) is 0 Å². The molecule has 1 amide bonds. The van der Waals surface area contributed by atoms with Gasteiger partial charge in [-0.15, -0.1) is 0 Å². The normalized spacial score (nSPS) is 18.3. The highest BCUT2D eigenvalue weighted by atomic mass is 16.2. The number of benzene rings is 1. The highest BCUT2D eigenvalue weighted by Crippen LogP contribution is 2.25.